The highest BCUT2D eigenvalue weighted by molar-refractivity contribution is 8.00. The summed E-state index contributed by atoms with van der Waals surface area (Å²) in [5, 5.41) is 0. The van der Waals surface area contributed by atoms with Gasteiger partial charge in [0.25, 0.3) is 5.56 Å². The number of thioether (sulfide) groups is 1. The summed E-state index contributed by atoms with van der Waals surface area (Å²) in [6.07, 6.45) is 2.24. The molecule has 1 aromatic heterocycles. The Morgan fingerprint density at radius 2 is 1.94 bits per heavy atom. The first-order valence-corrected chi connectivity index (χ1v) is 12.7. The van der Waals surface area contributed by atoms with Crippen molar-refractivity contribution in [1.82, 2.24) is 9.55 Å². The van der Waals surface area contributed by atoms with Crippen molar-refractivity contribution in [2.24, 2.45) is 5.92 Å². The number of nitrogen functional groups attached to an aromatic ring is 1. The van der Waals surface area contributed by atoms with Gasteiger partial charge in [0.05, 0.1) is 11.4 Å². The number of H-pyrrole nitrogens is 1. The van der Waals surface area contributed by atoms with Gasteiger partial charge in [0, 0.05) is 31.0 Å². The van der Waals surface area contributed by atoms with Crippen LogP contribution in [0.1, 0.15) is 46.5 Å². The molecule has 0 unspecified atom stereocenters. The van der Waals surface area contributed by atoms with Crippen LogP contribution in [0.25, 0.3) is 0 Å². The van der Waals surface area contributed by atoms with Crippen molar-refractivity contribution >= 4 is 40.8 Å². The zero-order valence-electron chi connectivity index (χ0n) is 20.0. The molecule has 3 N–H and O–H groups in total. The standard InChI is InChI=1S/C24H33N5O4S/c1-4-5-12-29-22(25)21(23(32)26-24(29)33)28(13-10-16(2)3)19(30)11-14-27-17-8-6-7-9-18(17)34-15-20(27)31/h6-9,16H,4-5,10-15,25H2,1-3H3,(H,26,32,33). The number of nitrogens with two attached hydrogens (primary N) is 1. The van der Waals surface area contributed by atoms with Crippen LogP contribution in [-0.2, 0) is 16.1 Å². The summed E-state index contributed by atoms with van der Waals surface area (Å²) in [5.74, 6) is 0.221. The number of aromatic amines is 1. The number of nitrogens with one attached hydrogen (secondary N) is 1. The lowest BCUT2D eigenvalue weighted by Gasteiger charge is -2.30. The summed E-state index contributed by atoms with van der Waals surface area (Å²) in [6.45, 7) is 6.88. The molecule has 9 nitrogen and oxygen atoms in total. The molecule has 0 saturated heterocycles. The van der Waals surface area contributed by atoms with Crippen molar-refractivity contribution in [2.75, 3.05) is 34.4 Å². The number of nitrogens with zero attached hydrogens (tertiary/aromatic N) is 3. The van der Waals surface area contributed by atoms with Gasteiger partial charge in [0.1, 0.15) is 5.82 Å². The fourth-order valence-electron chi connectivity index (χ4n) is 3.87. The molecule has 0 aliphatic carbocycles. The molecule has 1 aliphatic heterocycles. The maximum absolute atomic E-state index is 13.4. The van der Waals surface area contributed by atoms with Crippen LogP contribution in [-0.4, -0.2) is 40.2 Å². The van der Waals surface area contributed by atoms with Gasteiger partial charge >= 0.3 is 5.69 Å². The van der Waals surface area contributed by atoms with E-state index in [1.807, 2.05) is 45.0 Å². The first kappa shape index (κ1) is 25.6. The van der Waals surface area contributed by atoms with Crippen molar-refractivity contribution < 1.29 is 9.59 Å². The minimum atomic E-state index is -0.678. The molecule has 0 radical (unpaired) electrons. The van der Waals surface area contributed by atoms with Crippen molar-refractivity contribution in [2.45, 2.75) is 57.9 Å². The number of fused-ring (bicyclic) bond motifs is 1. The normalized spacial score (nSPS) is 13.3. The second-order valence-electron chi connectivity index (χ2n) is 8.78. The lowest BCUT2D eigenvalue weighted by molar-refractivity contribution is -0.118. The average molecular weight is 488 g/mol. The fourth-order valence-corrected chi connectivity index (χ4v) is 4.80. The molecule has 0 atom stereocenters. The number of carbonyl (C=O) groups is 2. The Morgan fingerprint density at radius 3 is 2.65 bits per heavy atom. The van der Waals surface area contributed by atoms with Gasteiger partial charge < -0.3 is 15.5 Å². The van der Waals surface area contributed by atoms with Crippen LogP contribution in [0, 0.1) is 5.92 Å². The predicted molar refractivity (Wildman–Crippen MR) is 137 cm³/mol. The maximum atomic E-state index is 13.4. The molecule has 0 bridgehead atoms. The Hall–Kier alpha value is -3.01. The number of carbonyl (C=O) groups excluding carboxylic acids is 2. The third-order valence-corrected chi connectivity index (χ3v) is 6.86. The second kappa shape index (κ2) is 11.4. The Balaban J connectivity index is 1.90. The third kappa shape index (κ3) is 5.72. The van der Waals surface area contributed by atoms with Gasteiger partial charge in [-0.15, -0.1) is 11.8 Å². The van der Waals surface area contributed by atoms with Crippen molar-refractivity contribution in [3.8, 4) is 0 Å². The van der Waals surface area contributed by atoms with E-state index in [9.17, 15) is 19.2 Å². The molecule has 1 aromatic carbocycles. The summed E-state index contributed by atoms with van der Waals surface area (Å²) in [5.41, 5.74) is 5.81. The largest absolute Gasteiger partial charge is 0.383 e. The highest BCUT2D eigenvalue weighted by Gasteiger charge is 2.28. The lowest BCUT2D eigenvalue weighted by atomic mass is 10.1. The predicted octanol–water partition coefficient (Wildman–Crippen LogP) is 2.83. The number of hydrogen-bond donors (Lipinski definition) is 2. The zero-order chi connectivity index (χ0) is 24.8. The molecule has 2 aromatic rings. The minimum Gasteiger partial charge on any atom is -0.383 e. The van der Waals surface area contributed by atoms with Gasteiger partial charge in [-0.25, -0.2) is 4.79 Å². The van der Waals surface area contributed by atoms with E-state index in [0.717, 1.165) is 17.0 Å². The van der Waals surface area contributed by atoms with E-state index >= 15 is 0 Å². The molecule has 1 aliphatic rings. The highest BCUT2D eigenvalue weighted by atomic mass is 32.2. The summed E-state index contributed by atoms with van der Waals surface area (Å²) < 4.78 is 1.32. The average Bonchev–Trinajstić information content (AvgIpc) is 2.79. The quantitative estimate of drug-likeness (QED) is 0.532. The first-order valence-electron chi connectivity index (χ1n) is 11.7. The van der Waals surface area contributed by atoms with Crippen LogP contribution in [0.2, 0.25) is 0 Å². The lowest BCUT2D eigenvalue weighted by Crippen LogP contribution is -2.44. The molecule has 184 valence electrons. The zero-order valence-corrected chi connectivity index (χ0v) is 20.8. The monoisotopic (exact) mass is 487 g/mol. The number of amides is 2. The Labute approximate surface area is 203 Å². The van der Waals surface area contributed by atoms with Gasteiger partial charge in [-0.3, -0.25) is 23.9 Å². The van der Waals surface area contributed by atoms with E-state index in [1.54, 1.807) is 4.90 Å². The van der Waals surface area contributed by atoms with E-state index in [-0.39, 0.29) is 48.7 Å². The van der Waals surface area contributed by atoms with Crippen LogP contribution < -0.4 is 26.8 Å². The molecular formula is C24H33N5O4S. The Morgan fingerprint density at radius 1 is 1.21 bits per heavy atom. The second-order valence-corrected chi connectivity index (χ2v) is 9.80. The van der Waals surface area contributed by atoms with Crippen molar-refractivity contribution in [1.29, 1.82) is 0 Å². The van der Waals surface area contributed by atoms with E-state index in [0.29, 0.717) is 25.1 Å². The van der Waals surface area contributed by atoms with Crippen LogP contribution in [0.4, 0.5) is 17.2 Å². The summed E-state index contributed by atoms with van der Waals surface area (Å²) in [7, 11) is 0. The number of anilines is 3. The fraction of sp³-hybridized carbons (Fsp3) is 0.500. The number of hydrogen-bond acceptors (Lipinski definition) is 6. The third-order valence-electron chi connectivity index (χ3n) is 5.81. The van der Waals surface area contributed by atoms with Gasteiger partial charge in [-0.05, 0) is 30.9 Å². The Kier molecular flexibility index (Phi) is 8.60. The molecule has 0 fully saturated rings. The smallest absolute Gasteiger partial charge is 0.330 e. The highest BCUT2D eigenvalue weighted by Crippen LogP contribution is 2.35. The van der Waals surface area contributed by atoms with Crippen LogP contribution in [0.15, 0.2) is 38.8 Å². The first-order chi connectivity index (χ1) is 16.2. The number of unbranched alkanes of at least 4 members (excludes halogenated alkanes) is 1. The SMILES string of the molecule is CCCCn1c(N)c(N(CCC(C)C)C(=O)CCN2C(=O)CSc3ccccc32)c(=O)[nH]c1=O. The molecule has 0 saturated carbocycles. The topological polar surface area (TPSA) is 121 Å². The molecule has 34 heavy (non-hydrogen) atoms. The van der Waals surface area contributed by atoms with Gasteiger partial charge in [-0.2, -0.15) is 0 Å². The van der Waals surface area contributed by atoms with E-state index in [4.69, 9.17) is 5.73 Å². The van der Waals surface area contributed by atoms with Crippen molar-refractivity contribution in [3.05, 3.63) is 45.1 Å². The molecule has 2 amide bonds. The molecular weight excluding hydrogens is 454 g/mol. The van der Waals surface area contributed by atoms with Gasteiger partial charge in [0.15, 0.2) is 5.69 Å². The summed E-state index contributed by atoms with van der Waals surface area (Å²) in [4.78, 5) is 57.4. The molecule has 0 spiro atoms. The minimum absolute atomic E-state index is 0.00211. The van der Waals surface area contributed by atoms with Crippen LogP contribution in [0.3, 0.4) is 0 Å². The van der Waals surface area contributed by atoms with Crippen LogP contribution in [0.5, 0.6) is 0 Å². The molecule has 2 heterocycles. The van der Waals surface area contributed by atoms with Crippen molar-refractivity contribution in [3.63, 3.8) is 0 Å². The van der Waals surface area contributed by atoms with E-state index in [1.165, 1.54) is 21.2 Å². The summed E-state index contributed by atoms with van der Waals surface area (Å²) >= 11 is 1.48. The Bertz CT molecular complexity index is 1160. The number of para-hydroxylation sites is 1. The molecule has 10 heteroatoms. The summed E-state index contributed by atoms with van der Waals surface area (Å²) in [6, 6.07) is 7.60. The number of benzene rings is 1. The van der Waals surface area contributed by atoms with Gasteiger partial charge in [-0.1, -0.05) is 39.3 Å². The maximum Gasteiger partial charge on any atom is 0.330 e. The van der Waals surface area contributed by atoms with E-state index in [2.05, 4.69) is 4.98 Å². The number of aromatic nitrogens is 2. The van der Waals surface area contributed by atoms with Gasteiger partial charge in [0.2, 0.25) is 11.8 Å². The molecule has 3 rings (SSSR count). The van der Waals surface area contributed by atoms with E-state index < -0.39 is 11.2 Å². The van der Waals surface area contributed by atoms with Crippen LogP contribution >= 0.6 is 11.8 Å². The number of rotatable bonds is 10.